The van der Waals surface area contributed by atoms with Gasteiger partial charge in [-0.2, -0.15) is 0 Å². The summed E-state index contributed by atoms with van der Waals surface area (Å²) in [6, 6.07) is 13.5. The summed E-state index contributed by atoms with van der Waals surface area (Å²) in [5.41, 5.74) is 1.90. The van der Waals surface area contributed by atoms with Crippen molar-refractivity contribution < 1.29 is 4.39 Å². The summed E-state index contributed by atoms with van der Waals surface area (Å²) in [5.74, 6) is 0.00537. The van der Waals surface area contributed by atoms with E-state index in [2.05, 4.69) is 20.5 Å². The van der Waals surface area contributed by atoms with Gasteiger partial charge in [0.2, 0.25) is 5.95 Å². The van der Waals surface area contributed by atoms with Crippen LogP contribution in [0.2, 0.25) is 5.02 Å². The molecule has 0 aliphatic heterocycles. The Kier molecular flexibility index (Phi) is 5.40. The van der Waals surface area contributed by atoms with Crippen LogP contribution in [0.3, 0.4) is 0 Å². The lowest BCUT2D eigenvalue weighted by atomic mass is 10.1. The Hall–Kier alpha value is -2.73. The van der Waals surface area contributed by atoms with Gasteiger partial charge in [0.25, 0.3) is 5.56 Å². The molecule has 0 atom stereocenters. The zero-order valence-electron chi connectivity index (χ0n) is 13.3. The molecule has 1 heterocycles. The van der Waals surface area contributed by atoms with Crippen LogP contribution >= 0.6 is 11.6 Å². The number of anilines is 1. The molecule has 3 aromatic rings. The largest absolute Gasteiger partial charge is 0.354 e. The average molecular weight is 359 g/mol. The Morgan fingerprint density at radius 3 is 2.36 bits per heavy atom. The highest BCUT2D eigenvalue weighted by Crippen LogP contribution is 2.10. The van der Waals surface area contributed by atoms with Gasteiger partial charge < -0.3 is 5.32 Å². The van der Waals surface area contributed by atoms with E-state index in [1.807, 2.05) is 24.3 Å². The molecule has 0 radical (unpaired) electrons. The van der Waals surface area contributed by atoms with Crippen molar-refractivity contribution in [3.05, 3.63) is 86.5 Å². The maximum atomic E-state index is 12.9. The summed E-state index contributed by atoms with van der Waals surface area (Å²) >= 11 is 5.85. The third-order valence-corrected chi connectivity index (χ3v) is 3.92. The number of nitrogens with zero attached hydrogens (tertiary/aromatic N) is 2. The van der Waals surface area contributed by atoms with Crippen molar-refractivity contribution in [1.82, 2.24) is 15.2 Å². The number of hydrogen-bond donors (Lipinski definition) is 2. The van der Waals surface area contributed by atoms with Gasteiger partial charge in [0, 0.05) is 18.0 Å². The lowest BCUT2D eigenvalue weighted by molar-refractivity contribution is 0.627. The zero-order chi connectivity index (χ0) is 17.6. The fourth-order valence-corrected chi connectivity index (χ4v) is 2.45. The number of aromatic amines is 1. The molecule has 0 amide bonds. The first-order valence-electron chi connectivity index (χ1n) is 7.79. The summed E-state index contributed by atoms with van der Waals surface area (Å²) in [5, 5.41) is 11.7. The van der Waals surface area contributed by atoms with Crippen LogP contribution in [-0.4, -0.2) is 21.7 Å². The molecule has 0 aliphatic rings. The normalized spacial score (nSPS) is 10.6. The van der Waals surface area contributed by atoms with Crippen LogP contribution in [0, 0.1) is 5.82 Å². The number of hydrogen-bond acceptors (Lipinski definition) is 4. The third kappa shape index (κ3) is 4.87. The van der Waals surface area contributed by atoms with Crippen molar-refractivity contribution >= 4 is 17.5 Å². The molecule has 5 nitrogen and oxygen atoms in total. The first kappa shape index (κ1) is 17.1. The van der Waals surface area contributed by atoms with E-state index >= 15 is 0 Å². The standard InChI is InChI=1S/C18H16ClFN4O/c19-14-5-1-12(2-6-14)9-10-21-18-22-17(25)16(23-24-18)11-13-3-7-15(20)8-4-13/h1-8H,9-11H2,(H2,21,22,24,25). The minimum atomic E-state index is -0.316. The first-order chi connectivity index (χ1) is 12.1. The van der Waals surface area contributed by atoms with E-state index in [0.717, 1.165) is 17.5 Å². The number of aromatic nitrogens is 3. The van der Waals surface area contributed by atoms with Crippen molar-refractivity contribution in [1.29, 1.82) is 0 Å². The van der Waals surface area contributed by atoms with Crippen molar-refractivity contribution in [3.63, 3.8) is 0 Å². The van der Waals surface area contributed by atoms with Crippen LogP contribution < -0.4 is 10.9 Å². The molecule has 0 unspecified atom stereocenters. The number of rotatable bonds is 6. The van der Waals surface area contributed by atoms with Crippen LogP contribution in [0.1, 0.15) is 16.8 Å². The highest BCUT2D eigenvalue weighted by molar-refractivity contribution is 6.30. The van der Waals surface area contributed by atoms with Gasteiger partial charge in [-0.25, -0.2) is 4.39 Å². The van der Waals surface area contributed by atoms with Crippen molar-refractivity contribution in [2.24, 2.45) is 0 Å². The second-order valence-corrected chi connectivity index (χ2v) is 5.99. The summed E-state index contributed by atoms with van der Waals surface area (Å²) in [7, 11) is 0. The molecule has 7 heteroatoms. The molecule has 3 rings (SSSR count). The van der Waals surface area contributed by atoms with Crippen LogP contribution in [-0.2, 0) is 12.8 Å². The Morgan fingerprint density at radius 2 is 1.68 bits per heavy atom. The maximum Gasteiger partial charge on any atom is 0.274 e. The van der Waals surface area contributed by atoms with Crippen molar-refractivity contribution in [3.8, 4) is 0 Å². The summed E-state index contributed by atoms with van der Waals surface area (Å²) in [6.07, 6.45) is 1.06. The van der Waals surface area contributed by atoms with Gasteiger partial charge in [0.05, 0.1) is 0 Å². The molecule has 25 heavy (non-hydrogen) atoms. The minimum absolute atomic E-state index is 0.287. The van der Waals surface area contributed by atoms with E-state index in [1.165, 1.54) is 12.1 Å². The van der Waals surface area contributed by atoms with Crippen LogP contribution in [0.5, 0.6) is 0 Å². The minimum Gasteiger partial charge on any atom is -0.354 e. The van der Waals surface area contributed by atoms with E-state index in [0.29, 0.717) is 23.9 Å². The molecular formula is C18H16ClFN4O. The van der Waals surface area contributed by atoms with Gasteiger partial charge in [0.1, 0.15) is 11.5 Å². The number of H-pyrrole nitrogens is 1. The highest BCUT2D eigenvalue weighted by atomic mass is 35.5. The van der Waals surface area contributed by atoms with Crippen molar-refractivity contribution in [2.45, 2.75) is 12.8 Å². The van der Waals surface area contributed by atoms with Crippen LogP contribution in [0.15, 0.2) is 53.3 Å². The topological polar surface area (TPSA) is 70.7 Å². The Bertz CT molecular complexity index is 894. The summed E-state index contributed by atoms with van der Waals surface area (Å²) < 4.78 is 12.9. The zero-order valence-corrected chi connectivity index (χ0v) is 14.1. The maximum absolute atomic E-state index is 12.9. The predicted octanol–water partition coefficient (Wildman–Crippen LogP) is 3.20. The van der Waals surface area contributed by atoms with E-state index in [9.17, 15) is 9.18 Å². The lowest BCUT2D eigenvalue weighted by Crippen LogP contribution is -2.20. The third-order valence-electron chi connectivity index (χ3n) is 3.67. The van der Waals surface area contributed by atoms with E-state index < -0.39 is 0 Å². The Labute approximate surface area is 148 Å². The Balaban J connectivity index is 1.58. The molecule has 0 saturated heterocycles. The molecule has 0 saturated carbocycles. The van der Waals surface area contributed by atoms with E-state index in [1.54, 1.807) is 12.1 Å². The Morgan fingerprint density at radius 1 is 1.00 bits per heavy atom. The van der Waals surface area contributed by atoms with Gasteiger partial charge in [-0.05, 0) is 41.8 Å². The van der Waals surface area contributed by atoms with Gasteiger partial charge in [-0.1, -0.05) is 35.9 Å². The average Bonchev–Trinajstić information content (AvgIpc) is 2.61. The molecule has 2 aromatic carbocycles. The van der Waals surface area contributed by atoms with Crippen molar-refractivity contribution in [2.75, 3.05) is 11.9 Å². The smallest absolute Gasteiger partial charge is 0.274 e. The van der Waals surface area contributed by atoms with E-state index in [-0.39, 0.29) is 17.1 Å². The van der Waals surface area contributed by atoms with Gasteiger partial charge in [-0.15, -0.1) is 10.2 Å². The molecule has 0 bridgehead atoms. The quantitative estimate of drug-likeness (QED) is 0.710. The first-order valence-corrected chi connectivity index (χ1v) is 8.16. The molecule has 1 aromatic heterocycles. The SMILES string of the molecule is O=c1[nH]c(NCCc2ccc(Cl)cc2)nnc1Cc1ccc(F)cc1. The summed E-state index contributed by atoms with van der Waals surface area (Å²) in [6.45, 7) is 0.601. The second kappa shape index (κ2) is 7.90. The van der Waals surface area contributed by atoms with Crippen LogP contribution in [0.25, 0.3) is 0 Å². The number of benzene rings is 2. The monoisotopic (exact) mass is 358 g/mol. The summed E-state index contributed by atoms with van der Waals surface area (Å²) in [4.78, 5) is 14.8. The second-order valence-electron chi connectivity index (χ2n) is 5.56. The van der Waals surface area contributed by atoms with Gasteiger partial charge in [-0.3, -0.25) is 9.78 Å². The molecule has 0 aliphatic carbocycles. The molecule has 2 N–H and O–H groups in total. The number of nitrogens with one attached hydrogen (secondary N) is 2. The molecule has 0 spiro atoms. The number of halogens is 2. The molecule has 128 valence electrons. The molecule has 0 fully saturated rings. The van der Waals surface area contributed by atoms with E-state index in [4.69, 9.17) is 11.6 Å². The fourth-order valence-electron chi connectivity index (χ4n) is 2.33. The fraction of sp³-hybridized carbons (Fsp3) is 0.167. The highest BCUT2D eigenvalue weighted by Gasteiger charge is 2.06. The molecular weight excluding hydrogens is 343 g/mol. The van der Waals surface area contributed by atoms with Gasteiger partial charge in [0.15, 0.2) is 0 Å². The lowest BCUT2D eigenvalue weighted by Gasteiger charge is -2.06. The van der Waals surface area contributed by atoms with Gasteiger partial charge >= 0.3 is 0 Å². The predicted molar refractivity (Wildman–Crippen MR) is 95.5 cm³/mol. The van der Waals surface area contributed by atoms with Crippen LogP contribution in [0.4, 0.5) is 10.3 Å².